The highest BCUT2D eigenvalue weighted by Gasteiger charge is 2.15. The maximum Gasteiger partial charge on any atom is 0.0677 e. The lowest BCUT2D eigenvalue weighted by molar-refractivity contribution is 0.706. The fourth-order valence-electron chi connectivity index (χ4n) is 1.54. The maximum absolute atomic E-state index is 3.56. The van der Waals surface area contributed by atoms with Gasteiger partial charge in [0.05, 0.1) is 6.04 Å². The highest BCUT2D eigenvalue weighted by molar-refractivity contribution is 9.10. The summed E-state index contributed by atoms with van der Waals surface area (Å²) in [6.07, 6.45) is 0. The minimum absolute atomic E-state index is 0.325. The zero-order chi connectivity index (χ0) is 10.8. The molecule has 2 rings (SSSR count). The second-order valence-electron chi connectivity index (χ2n) is 3.33. The van der Waals surface area contributed by atoms with Crippen LogP contribution in [0.1, 0.15) is 21.4 Å². The van der Waals surface area contributed by atoms with Crippen molar-refractivity contribution in [3.05, 3.63) is 42.7 Å². The normalized spacial score (nSPS) is 13.0. The molecule has 2 aromatic rings. The topological polar surface area (TPSA) is 12.0 Å². The van der Waals surface area contributed by atoms with E-state index in [1.54, 1.807) is 11.3 Å². The molecule has 0 bridgehead atoms. The first-order chi connectivity index (χ1) is 7.22. The second-order valence-corrected chi connectivity index (χ2v) is 6.25. The molecule has 2 aromatic heterocycles. The number of hydrogen-bond donors (Lipinski definition) is 1. The van der Waals surface area contributed by atoms with Crippen LogP contribution < -0.4 is 5.32 Å². The third-order valence-electron chi connectivity index (χ3n) is 2.33. The average molecular weight is 302 g/mol. The summed E-state index contributed by atoms with van der Waals surface area (Å²) >= 11 is 7.14. The molecule has 1 N–H and O–H groups in total. The van der Waals surface area contributed by atoms with E-state index in [-0.39, 0.29) is 0 Å². The van der Waals surface area contributed by atoms with Crippen molar-refractivity contribution in [2.45, 2.75) is 13.0 Å². The van der Waals surface area contributed by atoms with Gasteiger partial charge in [0, 0.05) is 14.2 Å². The number of halogens is 1. The predicted octanol–water partition coefficient (Wildman–Crippen LogP) is 4.19. The van der Waals surface area contributed by atoms with E-state index in [2.05, 4.69) is 51.1 Å². The van der Waals surface area contributed by atoms with Gasteiger partial charge < -0.3 is 5.32 Å². The van der Waals surface area contributed by atoms with Crippen molar-refractivity contribution in [3.8, 4) is 0 Å². The monoisotopic (exact) mass is 301 g/mol. The molecule has 1 atom stereocenters. The van der Waals surface area contributed by atoms with E-state index in [1.165, 1.54) is 19.8 Å². The van der Waals surface area contributed by atoms with Gasteiger partial charge in [-0.25, -0.2) is 0 Å². The first-order valence-corrected chi connectivity index (χ1v) is 7.22. The van der Waals surface area contributed by atoms with Crippen molar-refractivity contribution >= 4 is 38.6 Å². The average Bonchev–Trinajstić information content (AvgIpc) is 2.80. The van der Waals surface area contributed by atoms with Crippen LogP contribution in [0.2, 0.25) is 0 Å². The molecule has 0 aliphatic rings. The highest BCUT2D eigenvalue weighted by atomic mass is 79.9. The Balaban J connectivity index is 2.35. The summed E-state index contributed by atoms with van der Waals surface area (Å²) in [5, 5.41) is 7.68. The summed E-state index contributed by atoms with van der Waals surface area (Å²) in [5.41, 5.74) is 1.34. The van der Waals surface area contributed by atoms with E-state index in [4.69, 9.17) is 0 Å². The quantitative estimate of drug-likeness (QED) is 0.896. The Bertz CT molecular complexity index is 414. The number of nitrogens with one attached hydrogen (secondary N) is 1. The van der Waals surface area contributed by atoms with Crippen LogP contribution >= 0.6 is 38.6 Å². The molecule has 0 radical (unpaired) electrons. The summed E-state index contributed by atoms with van der Waals surface area (Å²) in [4.78, 5) is 2.70. The highest BCUT2D eigenvalue weighted by Crippen LogP contribution is 2.34. The second kappa shape index (κ2) is 4.78. The molecule has 4 heteroatoms. The molecule has 0 spiro atoms. The fraction of sp³-hybridized carbons (Fsp3) is 0.273. The zero-order valence-electron chi connectivity index (χ0n) is 8.58. The van der Waals surface area contributed by atoms with Crippen molar-refractivity contribution in [3.63, 3.8) is 0 Å². The molecule has 0 aliphatic carbocycles. The molecule has 0 fully saturated rings. The van der Waals surface area contributed by atoms with Crippen molar-refractivity contribution in [1.82, 2.24) is 5.32 Å². The number of rotatable bonds is 3. The Morgan fingerprint density at radius 1 is 1.47 bits per heavy atom. The fourth-order valence-corrected chi connectivity index (χ4v) is 3.92. The molecule has 15 heavy (non-hydrogen) atoms. The molecule has 0 saturated carbocycles. The standard InChI is InChI=1S/C11H12BrNS2/c1-7-9(12)5-10(15-7)11(13-2)8-3-4-14-6-8/h3-6,11,13H,1-2H3. The number of hydrogen-bond acceptors (Lipinski definition) is 3. The van der Waals surface area contributed by atoms with Crippen molar-refractivity contribution < 1.29 is 0 Å². The van der Waals surface area contributed by atoms with Crippen LogP contribution in [0, 0.1) is 6.92 Å². The molecule has 80 valence electrons. The Labute approximate surface area is 106 Å². The number of aryl methyl sites for hydroxylation is 1. The van der Waals surface area contributed by atoms with Crippen LogP contribution in [0.3, 0.4) is 0 Å². The predicted molar refractivity (Wildman–Crippen MR) is 72.0 cm³/mol. The third kappa shape index (κ3) is 2.33. The lowest BCUT2D eigenvalue weighted by Gasteiger charge is -2.12. The van der Waals surface area contributed by atoms with Crippen LogP contribution in [0.15, 0.2) is 27.4 Å². The van der Waals surface area contributed by atoms with E-state index < -0.39 is 0 Å². The molecule has 0 saturated heterocycles. The smallest absolute Gasteiger partial charge is 0.0677 e. The summed E-state index contributed by atoms with van der Waals surface area (Å²) < 4.78 is 1.21. The van der Waals surface area contributed by atoms with Gasteiger partial charge in [-0.3, -0.25) is 0 Å². The summed E-state index contributed by atoms with van der Waals surface area (Å²) in [7, 11) is 2.01. The van der Waals surface area contributed by atoms with E-state index in [0.29, 0.717) is 6.04 Å². The Hall–Kier alpha value is -0.160. The van der Waals surface area contributed by atoms with Gasteiger partial charge in [-0.1, -0.05) is 0 Å². The van der Waals surface area contributed by atoms with Crippen molar-refractivity contribution in [2.75, 3.05) is 7.05 Å². The molecule has 1 nitrogen and oxygen atoms in total. The van der Waals surface area contributed by atoms with Gasteiger partial charge in [0.25, 0.3) is 0 Å². The lowest BCUT2D eigenvalue weighted by Crippen LogP contribution is -2.15. The molecule has 0 aliphatic heterocycles. The summed E-state index contributed by atoms with van der Waals surface area (Å²) in [6, 6.07) is 4.71. The SMILES string of the molecule is CNC(c1ccsc1)c1cc(Br)c(C)s1. The molecule has 0 aromatic carbocycles. The van der Waals surface area contributed by atoms with Crippen LogP contribution in [-0.2, 0) is 0 Å². The molecular weight excluding hydrogens is 290 g/mol. The minimum atomic E-state index is 0.325. The number of thiophene rings is 2. The van der Waals surface area contributed by atoms with E-state index in [9.17, 15) is 0 Å². The van der Waals surface area contributed by atoms with Crippen LogP contribution in [-0.4, -0.2) is 7.05 Å². The van der Waals surface area contributed by atoms with E-state index >= 15 is 0 Å². The third-order valence-corrected chi connectivity index (χ3v) is 5.23. The Morgan fingerprint density at radius 3 is 2.73 bits per heavy atom. The Morgan fingerprint density at radius 2 is 2.27 bits per heavy atom. The van der Waals surface area contributed by atoms with Gasteiger partial charge in [0.15, 0.2) is 0 Å². The molecular formula is C11H12BrNS2. The van der Waals surface area contributed by atoms with Gasteiger partial charge in [0.1, 0.15) is 0 Å². The van der Waals surface area contributed by atoms with Gasteiger partial charge in [-0.05, 0) is 58.4 Å². The Kier molecular flexibility index (Phi) is 3.61. The van der Waals surface area contributed by atoms with Gasteiger partial charge >= 0.3 is 0 Å². The molecule has 1 unspecified atom stereocenters. The van der Waals surface area contributed by atoms with Gasteiger partial charge in [-0.2, -0.15) is 11.3 Å². The van der Waals surface area contributed by atoms with Crippen LogP contribution in [0.4, 0.5) is 0 Å². The van der Waals surface area contributed by atoms with Gasteiger partial charge in [0.2, 0.25) is 0 Å². The molecule has 0 amide bonds. The van der Waals surface area contributed by atoms with Crippen molar-refractivity contribution in [1.29, 1.82) is 0 Å². The van der Waals surface area contributed by atoms with E-state index in [0.717, 1.165) is 0 Å². The first kappa shape index (κ1) is 11.3. The van der Waals surface area contributed by atoms with Crippen LogP contribution in [0.5, 0.6) is 0 Å². The molecule has 2 heterocycles. The summed E-state index contributed by atoms with van der Waals surface area (Å²) in [6.45, 7) is 2.14. The largest absolute Gasteiger partial charge is 0.309 e. The van der Waals surface area contributed by atoms with Crippen molar-refractivity contribution in [2.24, 2.45) is 0 Å². The van der Waals surface area contributed by atoms with Crippen LogP contribution in [0.25, 0.3) is 0 Å². The minimum Gasteiger partial charge on any atom is -0.309 e. The van der Waals surface area contributed by atoms with Gasteiger partial charge in [-0.15, -0.1) is 11.3 Å². The zero-order valence-corrected chi connectivity index (χ0v) is 11.8. The maximum atomic E-state index is 3.56. The lowest BCUT2D eigenvalue weighted by atomic mass is 10.1. The summed E-state index contributed by atoms with van der Waals surface area (Å²) in [5.74, 6) is 0. The first-order valence-electron chi connectivity index (χ1n) is 4.67. The van der Waals surface area contributed by atoms with E-state index in [1.807, 2.05) is 18.4 Å².